The molecule has 0 aliphatic heterocycles. The maximum Gasteiger partial charge on any atom is 0.422 e. The summed E-state index contributed by atoms with van der Waals surface area (Å²) in [5.74, 6) is -0.537. The Bertz CT molecular complexity index is 746. The maximum atomic E-state index is 12.9. The van der Waals surface area contributed by atoms with Crippen LogP contribution >= 0.6 is 22.9 Å². The van der Waals surface area contributed by atoms with E-state index in [-0.39, 0.29) is 5.57 Å². The Kier molecular flexibility index (Phi) is 5.47. The quantitative estimate of drug-likeness (QED) is 0.687. The van der Waals surface area contributed by atoms with Gasteiger partial charge in [-0.1, -0.05) is 18.2 Å². The molecule has 0 aliphatic rings. The molecule has 2 rings (SSSR count). The lowest BCUT2D eigenvalue weighted by atomic mass is 10.1. The van der Waals surface area contributed by atoms with Gasteiger partial charge in [0.2, 0.25) is 0 Å². The average Bonchev–Trinajstić information content (AvgIpc) is 3.01. The first-order chi connectivity index (χ1) is 11.2. The number of hydrogen-bond acceptors (Lipinski definition) is 4. The molecule has 0 saturated carbocycles. The summed E-state index contributed by atoms with van der Waals surface area (Å²) < 4.78 is 5.37. The number of benzene rings is 1. The predicted molar refractivity (Wildman–Crippen MR) is 98.5 cm³/mol. The Morgan fingerprint density at radius 3 is 2.29 bits per heavy atom. The molecule has 1 aromatic heterocycles. The van der Waals surface area contributed by atoms with E-state index in [4.69, 9.17) is 16.3 Å². The molecule has 0 atom stereocenters. The van der Waals surface area contributed by atoms with E-state index in [0.29, 0.717) is 16.3 Å². The van der Waals surface area contributed by atoms with Crippen molar-refractivity contribution >= 4 is 46.2 Å². The number of carbonyl (C=O) groups is 2. The molecule has 6 heteroatoms. The van der Waals surface area contributed by atoms with Crippen molar-refractivity contribution in [2.75, 3.05) is 4.90 Å². The van der Waals surface area contributed by atoms with Gasteiger partial charge in [0, 0.05) is 10.6 Å². The molecule has 0 radical (unpaired) electrons. The van der Waals surface area contributed by atoms with Crippen LogP contribution in [-0.4, -0.2) is 17.6 Å². The smallest absolute Gasteiger partial charge is 0.422 e. The topological polar surface area (TPSA) is 46.6 Å². The number of thiophene rings is 1. The molecule has 0 bridgehead atoms. The molecular formula is C18H18ClNO3S. The number of nitrogens with zero attached hydrogens (tertiary/aromatic N) is 1. The van der Waals surface area contributed by atoms with E-state index in [1.54, 1.807) is 56.5 Å². The van der Waals surface area contributed by atoms with Crippen molar-refractivity contribution in [2.45, 2.75) is 26.4 Å². The molecule has 0 saturated heterocycles. The third-order valence-corrected chi connectivity index (χ3v) is 3.93. The van der Waals surface area contributed by atoms with Gasteiger partial charge in [-0.05, 0) is 67.4 Å². The molecule has 0 unspecified atom stereocenters. The molecule has 1 heterocycles. The first-order valence-corrected chi connectivity index (χ1v) is 8.55. The number of amides is 2. The minimum absolute atomic E-state index is 0.219. The maximum absolute atomic E-state index is 12.9. The highest BCUT2D eigenvalue weighted by Crippen LogP contribution is 2.26. The summed E-state index contributed by atoms with van der Waals surface area (Å²) in [4.78, 5) is 26.4. The van der Waals surface area contributed by atoms with Gasteiger partial charge in [-0.25, -0.2) is 9.69 Å². The minimum Gasteiger partial charge on any atom is -0.443 e. The highest BCUT2D eigenvalue weighted by Gasteiger charge is 2.30. The second-order valence-electron chi connectivity index (χ2n) is 6.09. The number of rotatable bonds is 3. The Morgan fingerprint density at radius 2 is 1.79 bits per heavy atom. The summed E-state index contributed by atoms with van der Waals surface area (Å²) in [7, 11) is 0. The van der Waals surface area contributed by atoms with Crippen molar-refractivity contribution in [3.63, 3.8) is 0 Å². The van der Waals surface area contributed by atoms with Crippen molar-refractivity contribution in [3.8, 4) is 0 Å². The lowest BCUT2D eigenvalue weighted by Crippen LogP contribution is -2.41. The van der Waals surface area contributed by atoms with Crippen LogP contribution in [0.3, 0.4) is 0 Å². The van der Waals surface area contributed by atoms with Crippen molar-refractivity contribution in [3.05, 3.63) is 58.3 Å². The highest BCUT2D eigenvalue weighted by atomic mass is 35.5. The molecule has 4 nitrogen and oxygen atoms in total. The zero-order valence-corrected chi connectivity index (χ0v) is 15.3. The zero-order chi connectivity index (χ0) is 17.9. The van der Waals surface area contributed by atoms with Gasteiger partial charge in [-0.15, -0.1) is 0 Å². The molecule has 126 valence electrons. The fourth-order valence-electron chi connectivity index (χ4n) is 1.90. The molecular weight excluding hydrogens is 346 g/mol. The van der Waals surface area contributed by atoms with Gasteiger partial charge < -0.3 is 4.74 Å². The third-order valence-electron chi connectivity index (χ3n) is 2.99. The molecule has 0 N–H and O–H groups in total. The van der Waals surface area contributed by atoms with E-state index in [9.17, 15) is 9.59 Å². The van der Waals surface area contributed by atoms with Crippen LogP contribution in [-0.2, 0) is 9.53 Å². The van der Waals surface area contributed by atoms with Crippen molar-refractivity contribution in [1.29, 1.82) is 0 Å². The van der Waals surface area contributed by atoms with E-state index in [1.807, 2.05) is 5.38 Å². The molecule has 0 fully saturated rings. The van der Waals surface area contributed by atoms with Gasteiger partial charge >= 0.3 is 6.09 Å². The normalized spacial score (nSPS) is 11.0. The number of ether oxygens (including phenoxy) is 1. The van der Waals surface area contributed by atoms with Crippen LogP contribution in [0.2, 0.25) is 5.02 Å². The SMILES string of the molecule is C=C(C(=O)N(C(=O)OC(C)(C)C)c1ccc(Cl)cc1)c1ccsc1. The fourth-order valence-corrected chi connectivity index (χ4v) is 2.70. The minimum atomic E-state index is -0.758. The molecule has 24 heavy (non-hydrogen) atoms. The third kappa shape index (κ3) is 4.46. The van der Waals surface area contributed by atoms with E-state index in [1.165, 1.54) is 11.3 Å². The van der Waals surface area contributed by atoms with Crippen LogP contribution in [0.4, 0.5) is 10.5 Å². The van der Waals surface area contributed by atoms with Gasteiger partial charge in [0.05, 0.1) is 5.69 Å². The Hall–Kier alpha value is -2.11. The highest BCUT2D eigenvalue weighted by molar-refractivity contribution is 7.08. The van der Waals surface area contributed by atoms with Gasteiger partial charge in [0.15, 0.2) is 0 Å². The van der Waals surface area contributed by atoms with Crippen LogP contribution in [0.1, 0.15) is 26.3 Å². The van der Waals surface area contributed by atoms with Crippen LogP contribution < -0.4 is 4.90 Å². The Labute approximate surface area is 150 Å². The summed E-state index contributed by atoms with van der Waals surface area (Å²) in [5.41, 5.74) is 0.533. The second-order valence-corrected chi connectivity index (χ2v) is 7.30. The van der Waals surface area contributed by atoms with Crippen LogP contribution in [0.5, 0.6) is 0 Å². The monoisotopic (exact) mass is 363 g/mol. The number of hydrogen-bond donors (Lipinski definition) is 0. The Morgan fingerprint density at radius 1 is 1.17 bits per heavy atom. The number of halogens is 1. The first kappa shape index (κ1) is 18.2. The molecule has 0 aliphatic carbocycles. The van der Waals surface area contributed by atoms with Gasteiger partial charge in [0.25, 0.3) is 5.91 Å². The molecule has 0 spiro atoms. The van der Waals surface area contributed by atoms with Crippen molar-refractivity contribution < 1.29 is 14.3 Å². The van der Waals surface area contributed by atoms with E-state index >= 15 is 0 Å². The lowest BCUT2D eigenvalue weighted by molar-refractivity contribution is -0.113. The van der Waals surface area contributed by atoms with Gasteiger partial charge in [-0.2, -0.15) is 11.3 Å². The van der Waals surface area contributed by atoms with Crippen molar-refractivity contribution in [2.24, 2.45) is 0 Å². The van der Waals surface area contributed by atoms with E-state index in [0.717, 1.165) is 4.90 Å². The van der Waals surface area contributed by atoms with Gasteiger partial charge in [0.1, 0.15) is 5.60 Å². The number of carbonyl (C=O) groups excluding carboxylic acids is 2. The summed E-state index contributed by atoms with van der Waals surface area (Å²) >= 11 is 7.34. The fraction of sp³-hybridized carbons (Fsp3) is 0.222. The first-order valence-electron chi connectivity index (χ1n) is 7.23. The lowest BCUT2D eigenvalue weighted by Gasteiger charge is -2.26. The Balaban J connectivity index is 2.38. The number of imide groups is 1. The number of anilines is 1. The molecule has 1 aromatic carbocycles. The standard InChI is InChI=1S/C18H18ClNO3S/c1-12(13-9-10-24-11-13)16(21)20(17(22)23-18(2,3)4)15-7-5-14(19)6-8-15/h5-11H,1H2,2-4H3. The zero-order valence-electron chi connectivity index (χ0n) is 13.7. The van der Waals surface area contributed by atoms with Crippen LogP contribution in [0, 0.1) is 0 Å². The van der Waals surface area contributed by atoms with E-state index in [2.05, 4.69) is 6.58 Å². The van der Waals surface area contributed by atoms with E-state index < -0.39 is 17.6 Å². The molecule has 2 aromatic rings. The molecule has 2 amide bonds. The van der Waals surface area contributed by atoms with Crippen molar-refractivity contribution in [1.82, 2.24) is 0 Å². The summed E-state index contributed by atoms with van der Waals surface area (Å²) in [6.07, 6.45) is -0.758. The largest absolute Gasteiger partial charge is 0.443 e. The van der Waals surface area contributed by atoms with Crippen LogP contribution in [0.15, 0.2) is 47.7 Å². The predicted octanol–water partition coefficient (Wildman–Crippen LogP) is 5.38. The summed E-state index contributed by atoms with van der Waals surface area (Å²) in [5, 5.41) is 4.15. The van der Waals surface area contributed by atoms with Crippen LogP contribution in [0.25, 0.3) is 5.57 Å². The average molecular weight is 364 g/mol. The summed E-state index contributed by atoms with van der Waals surface area (Å²) in [6.45, 7) is 9.04. The summed E-state index contributed by atoms with van der Waals surface area (Å²) in [6, 6.07) is 8.17. The van der Waals surface area contributed by atoms with Gasteiger partial charge in [-0.3, -0.25) is 4.79 Å². The second kappa shape index (κ2) is 7.20.